The van der Waals surface area contributed by atoms with Crippen LogP contribution < -0.4 is 15.5 Å². The Hall–Kier alpha value is -1.98. The van der Waals surface area contributed by atoms with Gasteiger partial charge in [0.2, 0.25) is 0 Å². The highest BCUT2D eigenvalue weighted by Gasteiger charge is 2.25. The van der Waals surface area contributed by atoms with E-state index in [1.807, 2.05) is 4.90 Å². The molecule has 1 unspecified atom stereocenters. The Morgan fingerprint density at radius 3 is 2.78 bits per heavy atom. The van der Waals surface area contributed by atoms with Gasteiger partial charge in [-0.25, -0.2) is 9.37 Å². The maximum absolute atomic E-state index is 14.0. The molecule has 2 fully saturated rings. The van der Waals surface area contributed by atoms with E-state index < -0.39 is 0 Å². The van der Waals surface area contributed by atoms with Crippen molar-refractivity contribution in [3.63, 3.8) is 0 Å². The number of rotatable bonds is 6. The molecule has 0 amide bonds. The summed E-state index contributed by atoms with van der Waals surface area (Å²) >= 11 is 0. The average molecular weight is 554 g/mol. The second-order valence-electron chi connectivity index (χ2n) is 8.02. The molecule has 0 bridgehead atoms. The summed E-state index contributed by atoms with van der Waals surface area (Å²) in [5, 5.41) is 6.87. The van der Waals surface area contributed by atoms with Gasteiger partial charge in [-0.05, 0) is 29.7 Å². The molecule has 174 valence electrons. The van der Waals surface area contributed by atoms with Crippen molar-refractivity contribution >= 4 is 35.8 Å². The van der Waals surface area contributed by atoms with Crippen molar-refractivity contribution in [2.75, 3.05) is 51.3 Å². The number of anilines is 1. The summed E-state index contributed by atoms with van der Waals surface area (Å²) in [6.07, 6.45) is 2.54. The Bertz CT molecular complexity index is 892. The molecular formula is C23H32FIN6O. The Morgan fingerprint density at radius 1 is 1.19 bits per heavy atom. The van der Waals surface area contributed by atoms with Crippen molar-refractivity contribution in [2.24, 2.45) is 4.99 Å². The molecule has 2 saturated heterocycles. The predicted octanol–water partition coefficient (Wildman–Crippen LogP) is 2.61. The minimum Gasteiger partial charge on any atom is -0.379 e. The van der Waals surface area contributed by atoms with E-state index in [0.29, 0.717) is 18.9 Å². The molecule has 32 heavy (non-hydrogen) atoms. The second kappa shape index (κ2) is 12.3. The van der Waals surface area contributed by atoms with Crippen LogP contribution in [0.2, 0.25) is 0 Å². The Labute approximate surface area is 206 Å². The lowest BCUT2D eigenvalue weighted by Gasteiger charge is -2.26. The normalized spacial score (nSPS) is 19.5. The molecule has 1 atom stereocenters. The number of nitrogens with one attached hydrogen (secondary N) is 2. The first-order valence-corrected chi connectivity index (χ1v) is 10.9. The SMILES string of the molecule is CN=C(NCc1cccc(CN2CCOCC2)c1)NC1CCN(c2ncccc2F)C1.I. The second-order valence-corrected chi connectivity index (χ2v) is 8.02. The molecule has 7 nitrogen and oxygen atoms in total. The lowest BCUT2D eigenvalue weighted by molar-refractivity contribution is 0.0342. The maximum Gasteiger partial charge on any atom is 0.191 e. The number of pyridine rings is 1. The van der Waals surface area contributed by atoms with Gasteiger partial charge in [0.1, 0.15) is 0 Å². The number of aromatic nitrogens is 1. The summed E-state index contributed by atoms with van der Waals surface area (Å²) in [7, 11) is 1.77. The van der Waals surface area contributed by atoms with E-state index in [9.17, 15) is 4.39 Å². The number of hydrogen-bond donors (Lipinski definition) is 2. The molecule has 1 aromatic carbocycles. The van der Waals surface area contributed by atoms with Gasteiger partial charge in [-0.3, -0.25) is 9.89 Å². The number of hydrogen-bond acceptors (Lipinski definition) is 5. The average Bonchev–Trinajstić information content (AvgIpc) is 3.26. The summed E-state index contributed by atoms with van der Waals surface area (Å²) < 4.78 is 19.5. The lowest BCUT2D eigenvalue weighted by Crippen LogP contribution is -2.44. The molecule has 0 aliphatic carbocycles. The zero-order valence-corrected chi connectivity index (χ0v) is 20.8. The largest absolute Gasteiger partial charge is 0.379 e. The molecule has 1 aromatic heterocycles. The van der Waals surface area contributed by atoms with Crippen molar-refractivity contribution in [1.82, 2.24) is 20.5 Å². The number of nitrogens with zero attached hydrogens (tertiary/aromatic N) is 4. The summed E-state index contributed by atoms with van der Waals surface area (Å²) in [6.45, 7) is 6.72. The molecular weight excluding hydrogens is 522 g/mol. The zero-order chi connectivity index (χ0) is 21.5. The fourth-order valence-corrected chi connectivity index (χ4v) is 4.11. The van der Waals surface area contributed by atoms with E-state index in [0.717, 1.165) is 51.8 Å². The van der Waals surface area contributed by atoms with Crippen LogP contribution in [0.1, 0.15) is 17.5 Å². The van der Waals surface area contributed by atoms with E-state index in [1.54, 1.807) is 19.3 Å². The topological polar surface area (TPSA) is 65.0 Å². The van der Waals surface area contributed by atoms with Crippen molar-refractivity contribution in [3.05, 3.63) is 59.5 Å². The first kappa shape index (κ1) is 24.7. The summed E-state index contributed by atoms with van der Waals surface area (Å²) in [5.41, 5.74) is 2.53. The third-order valence-corrected chi connectivity index (χ3v) is 5.75. The van der Waals surface area contributed by atoms with Gasteiger partial charge in [-0.2, -0.15) is 0 Å². The standard InChI is InChI=1S/C23H31FN6O.HI/c1-25-23(28-20-7-9-30(17-20)22-21(24)6-3-8-26-22)27-15-18-4-2-5-19(14-18)16-29-10-12-31-13-11-29;/h2-6,8,14,20H,7,9-13,15-17H2,1H3,(H2,25,27,28);1H. The van der Waals surface area contributed by atoms with Crippen LogP contribution in [-0.2, 0) is 17.8 Å². The molecule has 2 aliphatic heterocycles. The van der Waals surface area contributed by atoms with Gasteiger partial charge in [0.15, 0.2) is 17.6 Å². The number of halogens is 2. The van der Waals surface area contributed by atoms with E-state index in [4.69, 9.17) is 4.74 Å². The quantitative estimate of drug-likeness (QED) is 0.326. The summed E-state index contributed by atoms with van der Waals surface area (Å²) in [4.78, 5) is 13.0. The monoisotopic (exact) mass is 554 g/mol. The van der Waals surface area contributed by atoms with Gasteiger partial charge in [-0.1, -0.05) is 24.3 Å². The number of guanidine groups is 1. The first-order valence-electron chi connectivity index (χ1n) is 10.9. The maximum atomic E-state index is 14.0. The van der Waals surface area contributed by atoms with Crippen molar-refractivity contribution in [1.29, 1.82) is 0 Å². The lowest BCUT2D eigenvalue weighted by atomic mass is 10.1. The van der Waals surface area contributed by atoms with Gasteiger partial charge in [0.25, 0.3) is 0 Å². The minimum atomic E-state index is -0.275. The van der Waals surface area contributed by atoms with Crippen molar-refractivity contribution < 1.29 is 9.13 Å². The van der Waals surface area contributed by atoms with Crippen LogP contribution in [-0.4, -0.2) is 68.3 Å². The number of morpholine rings is 1. The van der Waals surface area contributed by atoms with Gasteiger partial charge in [0.05, 0.1) is 13.2 Å². The molecule has 9 heteroatoms. The first-order chi connectivity index (χ1) is 15.2. The highest BCUT2D eigenvalue weighted by molar-refractivity contribution is 14.0. The van der Waals surface area contributed by atoms with Gasteiger partial charge in [0, 0.05) is 58.6 Å². The Morgan fingerprint density at radius 2 is 2.00 bits per heavy atom. The van der Waals surface area contributed by atoms with Crippen molar-refractivity contribution in [3.8, 4) is 0 Å². The van der Waals surface area contributed by atoms with E-state index in [-0.39, 0.29) is 35.8 Å². The molecule has 3 heterocycles. The van der Waals surface area contributed by atoms with Crippen LogP contribution in [0.25, 0.3) is 0 Å². The molecule has 2 aromatic rings. The van der Waals surface area contributed by atoms with E-state index in [1.165, 1.54) is 17.2 Å². The van der Waals surface area contributed by atoms with Crippen LogP contribution in [0, 0.1) is 5.82 Å². The fourth-order valence-electron chi connectivity index (χ4n) is 4.11. The highest BCUT2D eigenvalue weighted by Crippen LogP contribution is 2.20. The van der Waals surface area contributed by atoms with Crippen LogP contribution >= 0.6 is 24.0 Å². The Kier molecular flexibility index (Phi) is 9.49. The third-order valence-electron chi connectivity index (χ3n) is 5.75. The highest BCUT2D eigenvalue weighted by atomic mass is 127. The summed E-state index contributed by atoms with van der Waals surface area (Å²) in [5.74, 6) is 0.904. The molecule has 0 radical (unpaired) electrons. The third kappa shape index (κ3) is 6.76. The van der Waals surface area contributed by atoms with Gasteiger partial charge >= 0.3 is 0 Å². The van der Waals surface area contributed by atoms with E-state index >= 15 is 0 Å². The Balaban J connectivity index is 0.00000289. The van der Waals surface area contributed by atoms with Gasteiger partial charge in [-0.15, -0.1) is 24.0 Å². The van der Waals surface area contributed by atoms with Crippen LogP contribution in [0.15, 0.2) is 47.6 Å². The van der Waals surface area contributed by atoms with Crippen LogP contribution in [0.5, 0.6) is 0 Å². The smallest absolute Gasteiger partial charge is 0.191 e. The summed E-state index contributed by atoms with van der Waals surface area (Å²) in [6, 6.07) is 11.9. The number of ether oxygens (including phenoxy) is 1. The number of aliphatic imine (C=N–C) groups is 1. The van der Waals surface area contributed by atoms with E-state index in [2.05, 4.69) is 49.8 Å². The molecule has 2 aliphatic rings. The predicted molar refractivity (Wildman–Crippen MR) is 136 cm³/mol. The van der Waals surface area contributed by atoms with Gasteiger partial charge < -0.3 is 20.3 Å². The number of benzene rings is 1. The van der Waals surface area contributed by atoms with Crippen molar-refractivity contribution in [2.45, 2.75) is 25.6 Å². The fraction of sp³-hybridized carbons (Fsp3) is 0.478. The minimum absolute atomic E-state index is 0. The van der Waals surface area contributed by atoms with Crippen LogP contribution in [0.4, 0.5) is 10.2 Å². The zero-order valence-electron chi connectivity index (χ0n) is 18.5. The molecule has 0 saturated carbocycles. The molecule has 0 spiro atoms. The molecule has 2 N–H and O–H groups in total. The molecule has 4 rings (SSSR count). The van der Waals surface area contributed by atoms with Crippen LogP contribution in [0.3, 0.4) is 0 Å².